The van der Waals surface area contributed by atoms with E-state index < -0.39 is 17.7 Å². The molecule has 0 saturated carbocycles. The molecule has 0 aliphatic heterocycles. The molecule has 2 nitrogen and oxygen atoms in total. The summed E-state index contributed by atoms with van der Waals surface area (Å²) in [6, 6.07) is 7.13. The van der Waals surface area contributed by atoms with Crippen LogP contribution in [-0.4, -0.2) is 0 Å². The summed E-state index contributed by atoms with van der Waals surface area (Å²) in [5.41, 5.74) is 2.85. The molecule has 0 saturated heterocycles. The van der Waals surface area contributed by atoms with Gasteiger partial charge in [-0.15, -0.1) is 0 Å². The van der Waals surface area contributed by atoms with E-state index in [0.717, 1.165) is 18.2 Å². The highest BCUT2D eigenvalue weighted by atomic mass is 35.5. The second kappa shape index (κ2) is 5.84. The highest BCUT2D eigenvalue weighted by Gasteiger charge is 2.22. The Morgan fingerprint density at radius 3 is 2.26 bits per heavy atom. The average molecular weight is 303 g/mol. The lowest BCUT2D eigenvalue weighted by atomic mass is 9.98. The van der Waals surface area contributed by atoms with Gasteiger partial charge in [0.25, 0.3) is 0 Å². The number of nitrogens with one attached hydrogen (secondary N) is 1. The van der Waals surface area contributed by atoms with Gasteiger partial charge >= 0.3 is 0 Å². The standard InChI is InChI=1S/C13H10Cl2F2N2/c14-9-2-1-3-10(15)12(9)13(19-18)8-6-7(16)4-5-11(8)17/h1-6,13,19H,18H2. The Morgan fingerprint density at radius 2 is 1.68 bits per heavy atom. The zero-order chi connectivity index (χ0) is 14.0. The number of halogens is 4. The number of rotatable bonds is 3. The first-order valence-electron chi connectivity index (χ1n) is 5.39. The van der Waals surface area contributed by atoms with Crippen LogP contribution in [0.15, 0.2) is 36.4 Å². The summed E-state index contributed by atoms with van der Waals surface area (Å²) < 4.78 is 27.1. The SMILES string of the molecule is NNC(c1cc(F)ccc1F)c1c(Cl)cccc1Cl. The zero-order valence-electron chi connectivity index (χ0n) is 9.63. The second-order valence-electron chi connectivity index (χ2n) is 3.90. The van der Waals surface area contributed by atoms with E-state index >= 15 is 0 Å². The minimum Gasteiger partial charge on any atom is -0.271 e. The molecule has 0 fully saturated rings. The molecule has 0 aliphatic carbocycles. The van der Waals surface area contributed by atoms with Crippen LogP contribution in [0.2, 0.25) is 10.0 Å². The van der Waals surface area contributed by atoms with Gasteiger partial charge in [-0.25, -0.2) is 14.2 Å². The molecule has 3 N–H and O–H groups in total. The molecule has 1 unspecified atom stereocenters. The molecule has 19 heavy (non-hydrogen) atoms. The van der Waals surface area contributed by atoms with E-state index in [2.05, 4.69) is 5.43 Å². The third-order valence-electron chi connectivity index (χ3n) is 2.72. The predicted octanol–water partition coefficient (Wildman–Crippen LogP) is 3.82. The monoisotopic (exact) mass is 302 g/mol. The van der Waals surface area contributed by atoms with Gasteiger partial charge in [0.2, 0.25) is 0 Å². The summed E-state index contributed by atoms with van der Waals surface area (Å²) >= 11 is 12.1. The van der Waals surface area contributed by atoms with Crippen LogP contribution in [0.4, 0.5) is 8.78 Å². The van der Waals surface area contributed by atoms with Crippen LogP contribution in [0.5, 0.6) is 0 Å². The summed E-state index contributed by atoms with van der Waals surface area (Å²) in [6.07, 6.45) is 0. The Labute approximate surface area is 119 Å². The van der Waals surface area contributed by atoms with E-state index in [9.17, 15) is 8.78 Å². The average Bonchev–Trinajstić information content (AvgIpc) is 2.37. The molecule has 0 aliphatic rings. The van der Waals surface area contributed by atoms with Gasteiger partial charge in [-0.3, -0.25) is 5.84 Å². The normalized spacial score (nSPS) is 12.5. The largest absolute Gasteiger partial charge is 0.271 e. The Balaban J connectivity index is 2.59. The molecule has 0 amide bonds. The van der Waals surface area contributed by atoms with Gasteiger partial charge in [0.05, 0.1) is 6.04 Å². The van der Waals surface area contributed by atoms with Gasteiger partial charge in [-0.05, 0) is 30.3 Å². The van der Waals surface area contributed by atoms with Gasteiger partial charge in [-0.1, -0.05) is 29.3 Å². The number of benzene rings is 2. The van der Waals surface area contributed by atoms with E-state index in [1.165, 1.54) is 0 Å². The maximum absolute atomic E-state index is 13.8. The number of hydrogen-bond donors (Lipinski definition) is 2. The van der Waals surface area contributed by atoms with Crippen molar-refractivity contribution >= 4 is 23.2 Å². The second-order valence-corrected chi connectivity index (χ2v) is 4.72. The molecule has 0 radical (unpaired) electrons. The van der Waals surface area contributed by atoms with Crippen LogP contribution in [0, 0.1) is 11.6 Å². The fourth-order valence-electron chi connectivity index (χ4n) is 1.85. The molecular weight excluding hydrogens is 293 g/mol. The molecule has 1 atom stereocenters. The van der Waals surface area contributed by atoms with Crippen molar-refractivity contribution in [3.8, 4) is 0 Å². The molecule has 0 aromatic heterocycles. The number of hydrogen-bond acceptors (Lipinski definition) is 2. The van der Waals surface area contributed by atoms with Crippen LogP contribution in [0.3, 0.4) is 0 Å². The van der Waals surface area contributed by atoms with Gasteiger partial charge in [-0.2, -0.15) is 0 Å². The van der Waals surface area contributed by atoms with Gasteiger partial charge < -0.3 is 0 Å². The van der Waals surface area contributed by atoms with E-state index in [0.29, 0.717) is 15.6 Å². The lowest BCUT2D eigenvalue weighted by Gasteiger charge is -2.20. The van der Waals surface area contributed by atoms with E-state index in [1.54, 1.807) is 18.2 Å². The number of hydrazine groups is 1. The molecule has 6 heteroatoms. The van der Waals surface area contributed by atoms with Crippen molar-refractivity contribution in [1.29, 1.82) is 0 Å². The highest BCUT2D eigenvalue weighted by Crippen LogP contribution is 2.34. The van der Waals surface area contributed by atoms with Crippen molar-refractivity contribution in [3.63, 3.8) is 0 Å². The van der Waals surface area contributed by atoms with Crippen molar-refractivity contribution < 1.29 is 8.78 Å². The molecule has 0 heterocycles. The first kappa shape index (κ1) is 14.2. The minimum atomic E-state index is -0.836. The fourth-order valence-corrected chi connectivity index (χ4v) is 2.47. The Morgan fingerprint density at radius 1 is 1.05 bits per heavy atom. The van der Waals surface area contributed by atoms with Crippen LogP contribution in [-0.2, 0) is 0 Å². The Kier molecular flexibility index (Phi) is 4.37. The van der Waals surface area contributed by atoms with E-state index in [1.807, 2.05) is 0 Å². The summed E-state index contributed by atoms with van der Waals surface area (Å²) in [5.74, 6) is 4.27. The predicted molar refractivity (Wildman–Crippen MR) is 72.0 cm³/mol. The maximum Gasteiger partial charge on any atom is 0.128 e. The van der Waals surface area contributed by atoms with Crippen molar-refractivity contribution in [1.82, 2.24) is 5.43 Å². The Hall–Kier alpha value is -1.20. The quantitative estimate of drug-likeness (QED) is 0.668. The minimum absolute atomic E-state index is 0.0394. The lowest BCUT2D eigenvalue weighted by Crippen LogP contribution is -2.30. The Bertz CT molecular complexity index is 585. The molecule has 100 valence electrons. The number of nitrogens with two attached hydrogens (primary N) is 1. The first-order valence-corrected chi connectivity index (χ1v) is 6.15. The summed E-state index contributed by atoms with van der Waals surface area (Å²) in [6.45, 7) is 0. The fraction of sp³-hybridized carbons (Fsp3) is 0.0769. The van der Waals surface area contributed by atoms with Gasteiger partial charge in [0.1, 0.15) is 11.6 Å². The van der Waals surface area contributed by atoms with Crippen molar-refractivity contribution in [2.75, 3.05) is 0 Å². The lowest BCUT2D eigenvalue weighted by molar-refractivity contribution is 0.546. The molecule has 0 bridgehead atoms. The molecule has 2 rings (SSSR count). The van der Waals surface area contributed by atoms with Crippen molar-refractivity contribution in [3.05, 3.63) is 69.2 Å². The first-order chi connectivity index (χ1) is 9.04. The molecular formula is C13H10Cl2F2N2. The van der Waals surface area contributed by atoms with Crippen molar-refractivity contribution in [2.45, 2.75) is 6.04 Å². The zero-order valence-corrected chi connectivity index (χ0v) is 11.1. The summed E-state index contributed by atoms with van der Waals surface area (Å²) in [5, 5.41) is 0.637. The molecule has 2 aromatic carbocycles. The summed E-state index contributed by atoms with van der Waals surface area (Å²) in [4.78, 5) is 0. The van der Waals surface area contributed by atoms with Crippen LogP contribution in [0.1, 0.15) is 17.2 Å². The van der Waals surface area contributed by atoms with Gasteiger partial charge in [0, 0.05) is 21.2 Å². The van der Waals surface area contributed by atoms with Gasteiger partial charge in [0.15, 0.2) is 0 Å². The van der Waals surface area contributed by atoms with Crippen LogP contribution >= 0.6 is 23.2 Å². The van der Waals surface area contributed by atoms with E-state index in [4.69, 9.17) is 29.0 Å². The highest BCUT2D eigenvalue weighted by molar-refractivity contribution is 6.36. The summed E-state index contributed by atoms with van der Waals surface area (Å²) in [7, 11) is 0. The van der Waals surface area contributed by atoms with E-state index in [-0.39, 0.29) is 5.56 Å². The third kappa shape index (κ3) is 2.87. The molecule has 2 aromatic rings. The smallest absolute Gasteiger partial charge is 0.128 e. The topological polar surface area (TPSA) is 38.0 Å². The molecule has 0 spiro atoms. The third-order valence-corrected chi connectivity index (χ3v) is 3.38. The van der Waals surface area contributed by atoms with Crippen LogP contribution in [0.25, 0.3) is 0 Å². The maximum atomic E-state index is 13.8. The van der Waals surface area contributed by atoms with Crippen LogP contribution < -0.4 is 11.3 Å². The van der Waals surface area contributed by atoms with Crippen molar-refractivity contribution in [2.24, 2.45) is 5.84 Å².